The Balaban J connectivity index is 0.000000814. The number of ether oxygens (including phenoxy) is 2. The number of rotatable bonds is 25. The van der Waals surface area contributed by atoms with Gasteiger partial charge in [0.15, 0.2) is 0 Å². The van der Waals surface area contributed by atoms with Crippen molar-refractivity contribution in [3.8, 4) is 23.0 Å². The van der Waals surface area contributed by atoms with Gasteiger partial charge in [-0.3, -0.25) is 0 Å². The lowest BCUT2D eigenvalue weighted by molar-refractivity contribution is -0.657. The number of hydrogen-bond acceptors (Lipinski definition) is 8. The summed E-state index contributed by atoms with van der Waals surface area (Å²) in [5.41, 5.74) is -0.191. The van der Waals surface area contributed by atoms with Crippen molar-refractivity contribution in [1.82, 2.24) is 0 Å². The predicted octanol–water partition coefficient (Wildman–Crippen LogP) is 3.20. The first-order valence-electron chi connectivity index (χ1n) is 17.4. The van der Waals surface area contributed by atoms with Gasteiger partial charge < -0.3 is 50.7 Å². The van der Waals surface area contributed by atoms with Gasteiger partial charge in [0.2, 0.25) is 0 Å². The van der Waals surface area contributed by atoms with Crippen LogP contribution in [0.4, 0.5) is 0 Å². The molecule has 8 N–H and O–H groups in total. The van der Waals surface area contributed by atoms with Gasteiger partial charge in [-0.25, -0.2) is 9.59 Å². The van der Waals surface area contributed by atoms with Crippen LogP contribution in [0.15, 0.2) is 36.4 Å². The molecule has 0 unspecified atom stereocenters. The zero-order valence-corrected chi connectivity index (χ0v) is 29.0. The highest BCUT2D eigenvalue weighted by atomic mass is 16.5. The van der Waals surface area contributed by atoms with Gasteiger partial charge in [-0.2, -0.15) is 0 Å². The molecule has 12 heteroatoms. The Morgan fingerprint density at radius 1 is 0.562 bits per heavy atom. The van der Waals surface area contributed by atoms with Crippen molar-refractivity contribution in [3.05, 3.63) is 47.5 Å². The van der Waals surface area contributed by atoms with Crippen LogP contribution in [0.5, 0.6) is 23.0 Å². The number of carboxylic acid groups (broad SMARTS) is 2. The molecule has 0 fully saturated rings. The van der Waals surface area contributed by atoms with E-state index in [2.05, 4.69) is 24.5 Å². The van der Waals surface area contributed by atoms with Gasteiger partial charge in [0.05, 0.1) is 63.7 Å². The first kappa shape index (κ1) is 44.4. The molecule has 0 bridgehead atoms. The molecule has 0 saturated heterocycles. The molecule has 48 heavy (non-hydrogen) atoms. The van der Waals surface area contributed by atoms with E-state index in [0.29, 0.717) is 0 Å². The second-order valence-electron chi connectivity index (χ2n) is 11.5. The zero-order valence-electron chi connectivity index (χ0n) is 29.0. The molecule has 0 heterocycles. The van der Waals surface area contributed by atoms with Crippen LogP contribution in [0, 0.1) is 0 Å². The van der Waals surface area contributed by atoms with E-state index in [0.717, 1.165) is 75.9 Å². The standard InChI is InChI=1S/C22H48N2O2.2C7H6O4/c1-3-5-7-9-11-13-15-23-17-19-25-21-22-26-20-18-24-16-14-12-10-8-6-4-2;2*8-5-2-1-4(7(10)11)3-6(5)9/h23-24H,3-22H2,1-2H3;2*1-3,8-9H,(H,10,11). The summed E-state index contributed by atoms with van der Waals surface area (Å²) in [6.45, 7) is 12.4. The van der Waals surface area contributed by atoms with Crippen molar-refractivity contribution < 1.29 is 60.3 Å². The summed E-state index contributed by atoms with van der Waals surface area (Å²) < 4.78 is 11.2. The van der Waals surface area contributed by atoms with Crippen molar-refractivity contribution in [3.63, 3.8) is 0 Å². The van der Waals surface area contributed by atoms with Gasteiger partial charge >= 0.3 is 11.9 Å². The number of aromatic carboxylic acids is 2. The van der Waals surface area contributed by atoms with Crippen molar-refractivity contribution in [1.29, 1.82) is 0 Å². The van der Waals surface area contributed by atoms with Gasteiger partial charge in [0.1, 0.15) is 11.5 Å². The highest BCUT2D eigenvalue weighted by Crippen LogP contribution is 2.22. The number of nitrogens with two attached hydrogens (primary N) is 2. The van der Waals surface area contributed by atoms with Gasteiger partial charge in [0.25, 0.3) is 0 Å². The maximum absolute atomic E-state index is 10.6. The molecule has 12 nitrogen and oxygen atoms in total. The molecule has 0 aliphatic heterocycles. The Bertz CT molecular complexity index is 1010. The summed E-state index contributed by atoms with van der Waals surface area (Å²) in [4.78, 5) is 20.5. The van der Waals surface area contributed by atoms with Gasteiger partial charge in [-0.05, 0) is 49.9 Å². The summed E-state index contributed by atoms with van der Waals surface area (Å²) in [7, 11) is 0. The van der Waals surface area contributed by atoms with Crippen molar-refractivity contribution in [2.24, 2.45) is 0 Å². The third kappa shape index (κ3) is 25.5. The van der Waals surface area contributed by atoms with Crippen molar-refractivity contribution in [2.75, 3.05) is 52.6 Å². The monoisotopic (exact) mass is 680 g/mol. The zero-order chi connectivity index (χ0) is 35.8. The third-order valence-electron chi connectivity index (χ3n) is 7.24. The number of phenolic OH excluding ortho intramolecular Hbond substituents is 2. The molecular formula is C36H60N2O10. The number of phenols is 2. The summed E-state index contributed by atoms with van der Waals surface area (Å²) in [6, 6.07) is 6.15. The number of aromatic hydroxyl groups is 2. The first-order valence-corrected chi connectivity index (χ1v) is 17.4. The fourth-order valence-electron chi connectivity index (χ4n) is 4.38. The number of benzene rings is 2. The molecule has 0 saturated carbocycles. The molecule has 0 atom stereocenters. The van der Waals surface area contributed by atoms with Crippen molar-refractivity contribution >= 4 is 11.9 Å². The topological polar surface area (TPSA) is 213 Å². The minimum atomic E-state index is -1.17. The van der Waals surface area contributed by atoms with E-state index in [1.165, 1.54) is 90.1 Å². The number of quaternary nitrogens is 2. The minimum Gasteiger partial charge on any atom is -0.870 e. The lowest BCUT2D eigenvalue weighted by atomic mass is 10.1. The van der Waals surface area contributed by atoms with Crippen LogP contribution in [0.25, 0.3) is 0 Å². The normalized spacial score (nSPS) is 10.5. The molecule has 0 spiro atoms. The highest BCUT2D eigenvalue weighted by Gasteiger charge is 2.03. The molecule has 2 aromatic rings. The SMILES string of the molecule is CCCCCCCC[NH2+]CCOCCOCC[NH2+]CCCCCCCC.O=C(O)c1ccc([O-])c(O)c1.O=C(O)c1ccc([O-])c(O)c1. The largest absolute Gasteiger partial charge is 0.870 e. The Morgan fingerprint density at radius 2 is 0.917 bits per heavy atom. The number of hydrogen-bond donors (Lipinski definition) is 6. The summed E-state index contributed by atoms with van der Waals surface area (Å²) in [6.07, 6.45) is 16.6. The quantitative estimate of drug-likeness (QED) is 0.0843. The van der Waals surface area contributed by atoms with E-state index in [1.807, 2.05) is 0 Å². The maximum atomic E-state index is 10.6. The molecule has 0 aliphatic rings. The average Bonchev–Trinajstić information content (AvgIpc) is 3.06. The van der Waals surface area contributed by atoms with Crippen LogP contribution < -0.4 is 20.8 Å². The molecule has 0 amide bonds. The fraction of sp³-hybridized carbons (Fsp3) is 0.611. The van der Waals surface area contributed by atoms with Crippen LogP contribution in [0.3, 0.4) is 0 Å². The highest BCUT2D eigenvalue weighted by molar-refractivity contribution is 5.88. The molecule has 2 aromatic carbocycles. The van der Waals surface area contributed by atoms with Crippen LogP contribution in [0.1, 0.15) is 112 Å². The average molecular weight is 681 g/mol. The summed E-state index contributed by atoms with van der Waals surface area (Å²) in [5, 5.41) is 60.2. The van der Waals surface area contributed by atoms with Crippen LogP contribution in [-0.2, 0) is 9.47 Å². The fourth-order valence-corrected chi connectivity index (χ4v) is 4.38. The first-order chi connectivity index (χ1) is 23.1. The van der Waals surface area contributed by atoms with Crippen LogP contribution in [-0.4, -0.2) is 85.0 Å². The Morgan fingerprint density at radius 3 is 1.25 bits per heavy atom. The Hall–Kier alpha value is -3.58. The minimum absolute atomic E-state index is 0.0953. The number of carboxylic acids is 2. The van der Waals surface area contributed by atoms with E-state index in [9.17, 15) is 19.8 Å². The van der Waals surface area contributed by atoms with E-state index < -0.39 is 34.9 Å². The summed E-state index contributed by atoms with van der Waals surface area (Å²) >= 11 is 0. The van der Waals surface area contributed by atoms with Crippen LogP contribution in [0.2, 0.25) is 0 Å². The van der Waals surface area contributed by atoms with E-state index in [4.69, 9.17) is 29.9 Å². The Kier molecular flexibility index (Phi) is 28.4. The van der Waals surface area contributed by atoms with Crippen LogP contribution >= 0.6 is 0 Å². The Labute approximate surface area is 286 Å². The maximum Gasteiger partial charge on any atom is 0.335 e. The smallest absolute Gasteiger partial charge is 0.335 e. The van der Waals surface area contributed by atoms with E-state index in [-0.39, 0.29) is 11.1 Å². The lowest BCUT2D eigenvalue weighted by Crippen LogP contribution is -2.85. The molecule has 274 valence electrons. The number of carbonyl (C=O) groups is 2. The second kappa shape index (κ2) is 30.7. The van der Waals surface area contributed by atoms with Gasteiger partial charge in [-0.15, -0.1) is 0 Å². The second-order valence-corrected chi connectivity index (χ2v) is 11.5. The molecular weight excluding hydrogens is 620 g/mol. The molecule has 0 aliphatic carbocycles. The summed E-state index contributed by atoms with van der Waals surface area (Å²) in [5.74, 6) is -4.56. The molecule has 0 aromatic heterocycles. The van der Waals surface area contributed by atoms with Crippen molar-refractivity contribution in [2.45, 2.75) is 90.9 Å². The molecule has 0 radical (unpaired) electrons. The van der Waals surface area contributed by atoms with E-state index in [1.54, 1.807) is 0 Å². The van der Waals surface area contributed by atoms with Gasteiger partial charge in [-0.1, -0.05) is 88.8 Å². The van der Waals surface area contributed by atoms with E-state index >= 15 is 0 Å². The lowest BCUT2D eigenvalue weighted by Gasteiger charge is -2.07. The molecule has 2 rings (SSSR count). The predicted molar refractivity (Wildman–Crippen MR) is 181 cm³/mol. The van der Waals surface area contributed by atoms with Gasteiger partial charge in [0, 0.05) is 0 Å². The number of unbranched alkanes of at least 4 members (excludes halogenated alkanes) is 10. The third-order valence-corrected chi connectivity index (χ3v) is 7.24.